The molecule has 0 atom stereocenters. The minimum atomic E-state index is -4.45. The molecule has 1 aromatic heterocycles. The number of thiocarbonyl (C=S) groups is 1. The smallest absolute Gasteiger partial charge is 0.306 e. The highest BCUT2D eigenvalue weighted by Gasteiger charge is 2.31. The van der Waals surface area contributed by atoms with Gasteiger partial charge in [0.05, 0.1) is 30.3 Å². The van der Waals surface area contributed by atoms with E-state index in [1.54, 1.807) is 11.2 Å². The number of aliphatic imine (C=N–C) groups is 1. The van der Waals surface area contributed by atoms with E-state index in [1.807, 2.05) is 0 Å². The van der Waals surface area contributed by atoms with E-state index in [0.29, 0.717) is 18.9 Å². The number of anilines is 2. The first-order valence-corrected chi connectivity index (χ1v) is 7.66. The summed E-state index contributed by atoms with van der Waals surface area (Å²) in [5, 5.41) is 1.61. The first-order valence-electron chi connectivity index (χ1n) is 7.26. The van der Waals surface area contributed by atoms with Gasteiger partial charge in [-0.1, -0.05) is 6.07 Å². The molecule has 6 nitrogen and oxygen atoms in total. The number of hydrogen-bond acceptors (Lipinski definition) is 5. The molecule has 0 fully saturated rings. The highest BCUT2D eigenvalue weighted by molar-refractivity contribution is 7.80. The van der Waals surface area contributed by atoms with E-state index >= 15 is 0 Å². The Morgan fingerprint density at radius 1 is 1.28 bits per heavy atom. The molecular weight excluding hydrogens is 353 g/mol. The molecule has 0 aliphatic carbocycles. The van der Waals surface area contributed by atoms with Crippen LogP contribution in [0.3, 0.4) is 0 Å². The van der Waals surface area contributed by atoms with Gasteiger partial charge in [0.15, 0.2) is 5.82 Å². The molecular formula is C15H13F3N6S. The highest BCUT2D eigenvalue weighted by Crippen LogP contribution is 2.32. The lowest BCUT2D eigenvalue weighted by Crippen LogP contribution is -2.45. The predicted octanol–water partition coefficient (Wildman–Crippen LogP) is 2.96. The second kappa shape index (κ2) is 7.01. The second-order valence-electron chi connectivity index (χ2n) is 5.08. The molecule has 0 unspecified atom stereocenters. The molecule has 2 aromatic rings. The van der Waals surface area contributed by atoms with Crippen LogP contribution in [0.15, 0.2) is 47.8 Å². The van der Waals surface area contributed by atoms with Gasteiger partial charge in [-0.2, -0.15) is 13.2 Å². The van der Waals surface area contributed by atoms with Gasteiger partial charge in [0.25, 0.3) is 0 Å². The van der Waals surface area contributed by atoms with Crippen LogP contribution in [0.1, 0.15) is 5.56 Å². The van der Waals surface area contributed by atoms with Gasteiger partial charge < -0.3 is 4.90 Å². The van der Waals surface area contributed by atoms with E-state index < -0.39 is 11.7 Å². The van der Waals surface area contributed by atoms with Gasteiger partial charge in [-0.15, -0.1) is 0 Å². The normalized spacial score (nSPS) is 13.8. The third-order valence-electron chi connectivity index (χ3n) is 3.35. The zero-order valence-electron chi connectivity index (χ0n) is 12.8. The molecule has 0 radical (unpaired) electrons. The SMILES string of the molecule is FC(F)(F)c1cccc(N(Nc2cnccn2)C(=S)N2C=NCC2)c1. The van der Waals surface area contributed by atoms with Gasteiger partial charge in [-0.05, 0) is 30.4 Å². The molecule has 2 heterocycles. The van der Waals surface area contributed by atoms with E-state index in [0.717, 1.165) is 12.1 Å². The number of benzene rings is 1. The summed E-state index contributed by atoms with van der Waals surface area (Å²) in [6.07, 6.45) is 1.51. The molecule has 0 saturated heterocycles. The Balaban J connectivity index is 1.95. The molecule has 1 aliphatic rings. The highest BCUT2D eigenvalue weighted by atomic mass is 32.1. The monoisotopic (exact) mass is 366 g/mol. The van der Waals surface area contributed by atoms with E-state index in [-0.39, 0.29) is 10.8 Å². The summed E-state index contributed by atoms with van der Waals surface area (Å²) < 4.78 is 39.1. The van der Waals surface area contributed by atoms with Crippen molar-refractivity contribution < 1.29 is 13.2 Å². The summed E-state index contributed by atoms with van der Waals surface area (Å²) in [7, 11) is 0. The van der Waals surface area contributed by atoms with Gasteiger partial charge >= 0.3 is 6.18 Å². The summed E-state index contributed by atoms with van der Waals surface area (Å²) in [6.45, 7) is 1.12. The standard InChI is InChI=1S/C15H13F3N6S/c16-15(17,18)11-2-1-3-12(8-11)24(14(25)23-7-6-20-10-23)22-13-9-19-4-5-21-13/h1-5,8-10H,6-7H2,(H,21,22). The largest absolute Gasteiger partial charge is 0.416 e. The van der Waals surface area contributed by atoms with Crippen molar-refractivity contribution in [2.75, 3.05) is 23.5 Å². The first-order chi connectivity index (χ1) is 11.9. The van der Waals surface area contributed by atoms with Gasteiger partial charge in [0, 0.05) is 18.9 Å². The van der Waals surface area contributed by atoms with Crippen molar-refractivity contribution in [3.05, 3.63) is 48.4 Å². The number of aromatic nitrogens is 2. The van der Waals surface area contributed by atoms with Crippen molar-refractivity contribution >= 4 is 35.2 Å². The summed E-state index contributed by atoms with van der Waals surface area (Å²) in [5.74, 6) is 0.346. The van der Waals surface area contributed by atoms with E-state index in [1.165, 1.54) is 35.7 Å². The molecule has 0 spiro atoms. The Morgan fingerprint density at radius 2 is 2.12 bits per heavy atom. The molecule has 1 aromatic carbocycles. The topological polar surface area (TPSA) is 56.6 Å². The third-order valence-corrected chi connectivity index (χ3v) is 3.77. The zero-order valence-corrected chi connectivity index (χ0v) is 13.6. The van der Waals surface area contributed by atoms with Crippen molar-refractivity contribution in [2.45, 2.75) is 6.18 Å². The summed E-state index contributed by atoms with van der Waals surface area (Å²) in [4.78, 5) is 13.7. The van der Waals surface area contributed by atoms with Crippen LogP contribution in [0.2, 0.25) is 0 Å². The molecule has 130 valence electrons. The Kier molecular flexibility index (Phi) is 4.79. The number of hydrazine groups is 1. The fraction of sp³-hybridized carbons (Fsp3) is 0.200. The molecule has 10 heteroatoms. The van der Waals surface area contributed by atoms with Crippen molar-refractivity contribution in [3.8, 4) is 0 Å². The summed E-state index contributed by atoms with van der Waals surface area (Å²) >= 11 is 5.42. The minimum absolute atomic E-state index is 0.228. The van der Waals surface area contributed by atoms with E-state index in [2.05, 4.69) is 20.4 Å². The summed E-state index contributed by atoms with van der Waals surface area (Å²) in [5.41, 5.74) is 2.36. The van der Waals surface area contributed by atoms with Crippen molar-refractivity contribution in [1.29, 1.82) is 0 Å². The van der Waals surface area contributed by atoms with Crippen molar-refractivity contribution in [3.63, 3.8) is 0 Å². The third kappa shape index (κ3) is 4.02. The molecule has 0 amide bonds. The van der Waals surface area contributed by atoms with Crippen molar-refractivity contribution in [1.82, 2.24) is 14.9 Å². The van der Waals surface area contributed by atoms with Gasteiger partial charge in [0.2, 0.25) is 5.11 Å². The van der Waals surface area contributed by atoms with Gasteiger partial charge in [-0.25, -0.2) is 9.99 Å². The maximum Gasteiger partial charge on any atom is 0.416 e. The van der Waals surface area contributed by atoms with Crippen LogP contribution < -0.4 is 10.4 Å². The maximum atomic E-state index is 13.0. The minimum Gasteiger partial charge on any atom is -0.306 e. The Morgan fingerprint density at radius 3 is 2.76 bits per heavy atom. The average Bonchev–Trinajstić information content (AvgIpc) is 3.14. The molecule has 1 aliphatic heterocycles. The molecule has 25 heavy (non-hydrogen) atoms. The van der Waals surface area contributed by atoms with E-state index in [9.17, 15) is 13.2 Å². The number of rotatable bonds is 3. The Hall–Kier alpha value is -2.75. The lowest BCUT2D eigenvalue weighted by Gasteiger charge is -2.30. The molecule has 1 N–H and O–H groups in total. The van der Waals surface area contributed by atoms with E-state index in [4.69, 9.17) is 12.2 Å². The zero-order chi connectivity index (χ0) is 17.9. The molecule has 0 saturated carbocycles. The lowest BCUT2D eigenvalue weighted by atomic mass is 10.2. The quantitative estimate of drug-likeness (QED) is 0.666. The summed E-state index contributed by atoms with van der Waals surface area (Å²) in [6, 6.07) is 4.87. The molecule has 0 bridgehead atoms. The van der Waals surface area contributed by atoms with Gasteiger partial charge in [-0.3, -0.25) is 15.4 Å². The van der Waals surface area contributed by atoms with Crippen LogP contribution in [0.25, 0.3) is 0 Å². The van der Waals surface area contributed by atoms with Crippen LogP contribution in [0.5, 0.6) is 0 Å². The fourth-order valence-corrected chi connectivity index (χ4v) is 2.46. The van der Waals surface area contributed by atoms with Crippen molar-refractivity contribution in [2.24, 2.45) is 4.99 Å². The average molecular weight is 366 g/mol. The number of alkyl halides is 3. The lowest BCUT2D eigenvalue weighted by molar-refractivity contribution is -0.137. The Labute approximate surface area is 147 Å². The van der Waals surface area contributed by atoms with Crippen LogP contribution in [0, 0.1) is 0 Å². The maximum absolute atomic E-state index is 13.0. The fourth-order valence-electron chi connectivity index (χ4n) is 2.17. The van der Waals surface area contributed by atoms with Crippen LogP contribution >= 0.6 is 12.2 Å². The van der Waals surface area contributed by atoms with Gasteiger partial charge in [0.1, 0.15) is 0 Å². The number of hydrogen-bond donors (Lipinski definition) is 1. The Bertz CT molecular complexity index is 780. The first kappa shape index (κ1) is 17.1. The number of nitrogens with zero attached hydrogens (tertiary/aromatic N) is 5. The predicted molar refractivity (Wildman–Crippen MR) is 92.2 cm³/mol. The van der Waals surface area contributed by atoms with Crippen LogP contribution in [0.4, 0.5) is 24.7 Å². The number of halogens is 3. The van der Waals surface area contributed by atoms with Crippen LogP contribution in [-0.2, 0) is 6.18 Å². The second-order valence-corrected chi connectivity index (χ2v) is 5.45. The molecule has 3 rings (SSSR count). The van der Waals surface area contributed by atoms with Crippen LogP contribution in [-0.4, -0.2) is 39.4 Å². The number of nitrogens with one attached hydrogen (secondary N) is 1.